The number of carbonyl (C=O) groups excluding carboxylic acids is 1. The average molecular weight is 445 g/mol. The predicted octanol–water partition coefficient (Wildman–Crippen LogP) is 2.96. The molecule has 0 aliphatic carbocycles. The van der Waals surface area contributed by atoms with E-state index in [1.807, 2.05) is 11.0 Å². The number of para-hydroxylation sites is 1. The van der Waals surface area contributed by atoms with Gasteiger partial charge in [0.15, 0.2) is 0 Å². The zero-order valence-electron chi connectivity index (χ0n) is 16.6. The minimum atomic E-state index is 0.148. The summed E-state index contributed by atoms with van der Waals surface area (Å²) in [7, 11) is 0. The lowest BCUT2D eigenvalue weighted by molar-refractivity contribution is -0.129. The molecule has 1 aromatic carbocycles. The topological polar surface area (TPSA) is 86.0 Å². The zero-order chi connectivity index (χ0) is 20.3. The first-order valence-corrected chi connectivity index (χ1v) is 12.2. The van der Waals surface area contributed by atoms with Crippen LogP contribution in [0.2, 0.25) is 0 Å². The molecule has 2 fully saturated rings. The standard InChI is InChI=1S/C20H24N6O2S2/c27-18(13-29-20-22-23-24-26(20)12-15-4-3-11-28-15)25-9-7-14(8-10-25)19-21-16-5-1-2-6-17(16)30-19/h1-2,5-6,14-15H,3-4,7-13H2/t15-/m1/s1. The van der Waals surface area contributed by atoms with E-state index in [-0.39, 0.29) is 12.0 Å². The molecule has 2 aliphatic rings. The van der Waals surface area contributed by atoms with E-state index in [4.69, 9.17) is 9.72 Å². The average Bonchev–Trinajstić information content (AvgIpc) is 3.53. The first-order valence-electron chi connectivity index (χ1n) is 10.4. The lowest BCUT2D eigenvalue weighted by atomic mass is 9.97. The fraction of sp³-hybridized carbons (Fsp3) is 0.550. The number of thioether (sulfide) groups is 1. The SMILES string of the molecule is O=C(CSc1nnnn1C[C@H]1CCCO1)N1CCC(c2nc3ccccc3s2)CC1. The Bertz CT molecular complexity index is 975. The Kier molecular flexibility index (Phi) is 5.96. The van der Waals surface area contributed by atoms with Crippen LogP contribution >= 0.6 is 23.1 Å². The maximum absolute atomic E-state index is 12.7. The molecule has 0 spiro atoms. The molecular formula is C20H24N6O2S2. The summed E-state index contributed by atoms with van der Waals surface area (Å²) in [6.45, 7) is 3.01. The molecule has 0 N–H and O–H groups in total. The molecule has 10 heteroatoms. The highest BCUT2D eigenvalue weighted by molar-refractivity contribution is 7.99. The normalized spacial score (nSPS) is 20.3. The van der Waals surface area contributed by atoms with Gasteiger partial charge in [-0.05, 0) is 48.2 Å². The van der Waals surface area contributed by atoms with Crippen molar-refractivity contribution in [3.63, 3.8) is 0 Å². The Morgan fingerprint density at radius 2 is 2.10 bits per heavy atom. The minimum absolute atomic E-state index is 0.148. The molecule has 0 radical (unpaired) electrons. The van der Waals surface area contributed by atoms with Gasteiger partial charge in [0.2, 0.25) is 11.1 Å². The number of thiazole rings is 1. The Balaban J connectivity index is 1.12. The summed E-state index contributed by atoms with van der Waals surface area (Å²) in [6, 6.07) is 8.28. The van der Waals surface area contributed by atoms with E-state index in [0.717, 1.165) is 50.9 Å². The van der Waals surface area contributed by atoms with Gasteiger partial charge in [0, 0.05) is 25.6 Å². The van der Waals surface area contributed by atoms with Gasteiger partial charge in [-0.25, -0.2) is 9.67 Å². The second-order valence-corrected chi connectivity index (χ2v) is 9.75. The van der Waals surface area contributed by atoms with Gasteiger partial charge < -0.3 is 9.64 Å². The van der Waals surface area contributed by atoms with E-state index >= 15 is 0 Å². The van der Waals surface area contributed by atoms with Crippen LogP contribution in [0.25, 0.3) is 10.2 Å². The predicted molar refractivity (Wildman–Crippen MR) is 116 cm³/mol. The Morgan fingerprint density at radius 3 is 2.90 bits per heavy atom. The lowest BCUT2D eigenvalue weighted by Crippen LogP contribution is -2.39. The number of tetrazole rings is 1. The molecule has 158 valence electrons. The number of likely N-dealkylation sites (tertiary alicyclic amines) is 1. The van der Waals surface area contributed by atoms with Crippen molar-refractivity contribution in [1.82, 2.24) is 30.1 Å². The van der Waals surface area contributed by atoms with Gasteiger partial charge in [0.1, 0.15) is 0 Å². The second-order valence-electron chi connectivity index (χ2n) is 7.74. The Labute approximate surface area is 183 Å². The minimum Gasteiger partial charge on any atom is -0.376 e. The fourth-order valence-electron chi connectivity index (χ4n) is 4.05. The molecule has 1 amide bonds. The number of amides is 1. The van der Waals surface area contributed by atoms with Crippen molar-refractivity contribution >= 4 is 39.2 Å². The van der Waals surface area contributed by atoms with Gasteiger partial charge in [-0.2, -0.15) is 0 Å². The van der Waals surface area contributed by atoms with Crippen molar-refractivity contribution in [1.29, 1.82) is 0 Å². The van der Waals surface area contributed by atoms with Crippen molar-refractivity contribution in [2.24, 2.45) is 0 Å². The van der Waals surface area contributed by atoms with Gasteiger partial charge in [-0.1, -0.05) is 23.9 Å². The molecule has 4 heterocycles. The van der Waals surface area contributed by atoms with Crippen LogP contribution in [0.15, 0.2) is 29.4 Å². The summed E-state index contributed by atoms with van der Waals surface area (Å²) in [6.07, 6.45) is 4.22. The van der Waals surface area contributed by atoms with Gasteiger partial charge in [0.05, 0.1) is 33.6 Å². The molecule has 2 saturated heterocycles. The summed E-state index contributed by atoms with van der Waals surface area (Å²) in [5.41, 5.74) is 1.08. The molecule has 2 aromatic heterocycles. The number of benzene rings is 1. The number of ether oxygens (including phenoxy) is 1. The maximum Gasteiger partial charge on any atom is 0.233 e. The second kappa shape index (κ2) is 8.99. The van der Waals surface area contributed by atoms with Crippen LogP contribution in [0.5, 0.6) is 0 Å². The van der Waals surface area contributed by atoms with Gasteiger partial charge in [-0.15, -0.1) is 16.4 Å². The maximum atomic E-state index is 12.7. The molecule has 0 saturated carbocycles. The number of carbonyl (C=O) groups is 1. The highest BCUT2D eigenvalue weighted by Gasteiger charge is 2.26. The summed E-state index contributed by atoms with van der Waals surface area (Å²) in [5, 5.41) is 13.8. The van der Waals surface area contributed by atoms with Crippen LogP contribution in [-0.4, -0.2) is 67.6 Å². The Hall–Kier alpha value is -2.04. The van der Waals surface area contributed by atoms with E-state index in [1.165, 1.54) is 21.5 Å². The number of hydrogen-bond donors (Lipinski definition) is 0. The van der Waals surface area contributed by atoms with Crippen molar-refractivity contribution in [3.8, 4) is 0 Å². The number of piperidine rings is 1. The van der Waals surface area contributed by atoms with Crippen LogP contribution in [0, 0.1) is 0 Å². The zero-order valence-corrected chi connectivity index (χ0v) is 18.3. The van der Waals surface area contributed by atoms with Crippen molar-refractivity contribution in [2.75, 3.05) is 25.4 Å². The Morgan fingerprint density at radius 1 is 1.23 bits per heavy atom. The number of fused-ring (bicyclic) bond motifs is 1. The van der Waals surface area contributed by atoms with E-state index < -0.39 is 0 Å². The molecule has 8 nitrogen and oxygen atoms in total. The lowest BCUT2D eigenvalue weighted by Gasteiger charge is -2.31. The third-order valence-electron chi connectivity index (χ3n) is 5.73. The third-order valence-corrected chi connectivity index (χ3v) is 7.87. The summed E-state index contributed by atoms with van der Waals surface area (Å²) in [5.74, 6) is 0.949. The summed E-state index contributed by atoms with van der Waals surface area (Å²) < 4.78 is 8.66. The van der Waals surface area contributed by atoms with Crippen LogP contribution in [0.3, 0.4) is 0 Å². The van der Waals surface area contributed by atoms with Crippen molar-refractivity contribution < 1.29 is 9.53 Å². The highest BCUT2D eigenvalue weighted by atomic mass is 32.2. The van der Waals surface area contributed by atoms with Crippen molar-refractivity contribution in [3.05, 3.63) is 29.3 Å². The molecule has 5 rings (SSSR count). The number of aromatic nitrogens is 5. The quantitative estimate of drug-likeness (QED) is 0.540. The van der Waals surface area contributed by atoms with Gasteiger partial charge in [-0.3, -0.25) is 4.79 Å². The first kappa shape index (κ1) is 19.9. The molecule has 0 bridgehead atoms. The molecule has 30 heavy (non-hydrogen) atoms. The fourth-order valence-corrected chi connectivity index (χ4v) is 5.98. The monoisotopic (exact) mass is 444 g/mol. The van der Waals surface area contributed by atoms with Crippen LogP contribution in [0.1, 0.15) is 36.6 Å². The van der Waals surface area contributed by atoms with E-state index in [9.17, 15) is 4.79 Å². The number of hydrogen-bond acceptors (Lipinski definition) is 8. The van der Waals surface area contributed by atoms with E-state index in [2.05, 4.69) is 33.7 Å². The van der Waals surface area contributed by atoms with Gasteiger partial charge >= 0.3 is 0 Å². The molecule has 1 atom stereocenters. The van der Waals surface area contributed by atoms with Gasteiger partial charge in [0.25, 0.3) is 0 Å². The summed E-state index contributed by atoms with van der Waals surface area (Å²) in [4.78, 5) is 19.5. The number of rotatable bonds is 6. The summed E-state index contributed by atoms with van der Waals surface area (Å²) >= 11 is 3.19. The van der Waals surface area contributed by atoms with Crippen molar-refractivity contribution in [2.45, 2.75) is 49.4 Å². The highest BCUT2D eigenvalue weighted by Crippen LogP contribution is 2.34. The van der Waals surface area contributed by atoms with Crippen LogP contribution in [-0.2, 0) is 16.1 Å². The number of nitrogens with zero attached hydrogens (tertiary/aromatic N) is 6. The molecule has 2 aliphatic heterocycles. The van der Waals surface area contributed by atoms with Crippen LogP contribution < -0.4 is 0 Å². The van der Waals surface area contributed by atoms with Crippen LogP contribution in [0.4, 0.5) is 0 Å². The largest absolute Gasteiger partial charge is 0.376 e. The molecule has 0 unspecified atom stereocenters. The smallest absolute Gasteiger partial charge is 0.233 e. The van der Waals surface area contributed by atoms with E-state index in [1.54, 1.807) is 16.0 Å². The first-order chi connectivity index (χ1) is 14.8. The molecular weight excluding hydrogens is 420 g/mol. The van der Waals surface area contributed by atoms with E-state index in [0.29, 0.717) is 23.4 Å². The molecule has 3 aromatic rings. The third kappa shape index (κ3) is 4.35.